The van der Waals surface area contributed by atoms with Gasteiger partial charge in [0.15, 0.2) is 0 Å². The Hall–Kier alpha value is -4.27. The molecule has 4 aromatic rings. The highest BCUT2D eigenvalue weighted by molar-refractivity contribution is 6.05. The van der Waals surface area contributed by atoms with Crippen molar-refractivity contribution in [2.24, 2.45) is 7.05 Å². The van der Waals surface area contributed by atoms with Crippen LogP contribution in [0.4, 0.5) is 0 Å². The summed E-state index contributed by atoms with van der Waals surface area (Å²) >= 11 is 0. The van der Waals surface area contributed by atoms with Crippen LogP contribution < -0.4 is 5.32 Å². The van der Waals surface area contributed by atoms with E-state index in [4.69, 9.17) is 0 Å². The molecule has 0 aliphatic carbocycles. The second kappa shape index (κ2) is 7.13. The van der Waals surface area contributed by atoms with E-state index < -0.39 is 11.9 Å². The number of aromatic amines is 1. The summed E-state index contributed by atoms with van der Waals surface area (Å²) in [4.78, 5) is 43.0. The van der Waals surface area contributed by atoms with Crippen molar-refractivity contribution in [2.45, 2.75) is 25.4 Å². The van der Waals surface area contributed by atoms with E-state index in [0.717, 1.165) is 39.0 Å². The highest BCUT2D eigenvalue weighted by Gasteiger charge is 2.39. The second-order valence-corrected chi connectivity index (χ2v) is 8.50. The lowest BCUT2D eigenvalue weighted by molar-refractivity contribution is -0.136. The van der Waals surface area contributed by atoms with Crippen molar-refractivity contribution in [2.75, 3.05) is 0 Å². The number of aryl methyl sites for hydroxylation is 1. The van der Waals surface area contributed by atoms with Crippen LogP contribution >= 0.6 is 0 Å². The molecule has 0 saturated carbocycles. The minimum atomic E-state index is -0.627. The number of carbonyl (C=O) groups excluding carboxylic acids is 3. The highest BCUT2D eigenvalue weighted by atomic mass is 16.2. The maximum Gasteiger partial charge on any atom is 0.255 e. The summed E-state index contributed by atoms with van der Waals surface area (Å²) in [7, 11) is 1.95. The SMILES string of the molecule is Cn1cnc(-c2ccc3c(c2)CN([C@H]2CCC(=O)NC2=O)C3=O)c1-c1ccc2[nH]ncc2c1. The number of fused-ring (bicyclic) bond motifs is 2. The fraction of sp³-hybridized carbons (Fsp3) is 0.208. The number of hydrogen-bond acceptors (Lipinski definition) is 5. The number of imidazole rings is 1. The molecule has 2 aromatic carbocycles. The van der Waals surface area contributed by atoms with Gasteiger partial charge < -0.3 is 9.47 Å². The Bertz CT molecular complexity index is 1470. The van der Waals surface area contributed by atoms with Gasteiger partial charge in [0.1, 0.15) is 6.04 Å². The molecule has 2 aromatic heterocycles. The van der Waals surface area contributed by atoms with Gasteiger partial charge in [-0.2, -0.15) is 5.10 Å². The maximum atomic E-state index is 13.0. The van der Waals surface area contributed by atoms with Gasteiger partial charge in [0.05, 0.1) is 29.4 Å². The van der Waals surface area contributed by atoms with Crippen LogP contribution in [-0.2, 0) is 23.2 Å². The van der Waals surface area contributed by atoms with Crippen LogP contribution in [0, 0.1) is 0 Å². The minimum Gasteiger partial charge on any atom is -0.333 e. The summed E-state index contributed by atoms with van der Waals surface area (Å²) in [5.41, 5.74) is 6.09. The number of H-pyrrole nitrogens is 1. The Morgan fingerprint density at radius 2 is 1.91 bits per heavy atom. The van der Waals surface area contributed by atoms with E-state index in [0.29, 0.717) is 18.5 Å². The summed E-state index contributed by atoms with van der Waals surface area (Å²) in [6, 6.07) is 11.1. The van der Waals surface area contributed by atoms with E-state index in [1.165, 1.54) is 0 Å². The number of rotatable bonds is 3. The van der Waals surface area contributed by atoms with Gasteiger partial charge in [-0.3, -0.25) is 24.8 Å². The van der Waals surface area contributed by atoms with Crippen LogP contribution in [-0.4, -0.2) is 48.4 Å². The Balaban J connectivity index is 1.36. The number of benzene rings is 2. The van der Waals surface area contributed by atoms with E-state index in [1.54, 1.807) is 23.5 Å². The number of nitrogens with one attached hydrogen (secondary N) is 2. The van der Waals surface area contributed by atoms with Crippen molar-refractivity contribution in [3.05, 3.63) is 60.0 Å². The molecule has 0 radical (unpaired) electrons. The zero-order valence-electron chi connectivity index (χ0n) is 17.8. The highest BCUT2D eigenvalue weighted by Crippen LogP contribution is 2.35. The van der Waals surface area contributed by atoms with Crippen molar-refractivity contribution in [1.29, 1.82) is 0 Å². The van der Waals surface area contributed by atoms with Gasteiger partial charge in [-0.25, -0.2) is 4.98 Å². The molecule has 0 spiro atoms. The smallest absolute Gasteiger partial charge is 0.255 e. The van der Waals surface area contributed by atoms with Crippen molar-refractivity contribution >= 4 is 28.6 Å². The predicted molar refractivity (Wildman–Crippen MR) is 120 cm³/mol. The van der Waals surface area contributed by atoms with Gasteiger partial charge in [0.25, 0.3) is 5.91 Å². The molecule has 2 N–H and O–H groups in total. The van der Waals surface area contributed by atoms with Crippen molar-refractivity contribution in [3.8, 4) is 22.5 Å². The first-order valence-electron chi connectivity index (χ1n) is 10.7. The predicted octanol–water partition coefficient (Wildman–Crippen LogP) is 2.39. The van der Waals surface area contributed by atoms with Gasteiger partial charge in [-0.05, 0) is 36.2 Å². The number of aromatic nitrogens is 4. The standard InChI is InChI=1S/C24H20N6O3/c1-29-12-25-21(22(29)14-3-5-18-15(9-14)10-26-28-18)13-2-4-17-16(8-13)11-30(24(17)33)19-6-7-20(31)27-23(19)32/h2-5,8-10,12,19H,6-7,11H2,1H3,(H,26,28)(H,27,31,32)/t19-/m0/s1. The van der Waals surface area contributed by atoms with Crippen LogP contribution in [0.5, 0.6) is 0 Å². The third kappa shape index (κ3) is 3.04. The summed E-state index contributed by atoms with van der Waals surface area (Å²) in [5.74, 6) is -0.883. The maximum absolute atomic E-state index is 13.0. The number of carbonyl (C=O) groups is 3. The Kier molecular flexibility index (Phi) is 4.19. The van der Waals surface area contributed by atoms with E-state index in [2.05, 4.69) is 26.6 Å². The lowest BCUT2D eigenvalue weighted by Crippen LogP contribution is -2.52. The van der Waals surface area contributed by atoms with Crippen LogP contribution in [0.3, 0.4) is 0 Å². The average Bonchev–Trinajstić information content (AvgIpc) is 3.50. The molecule has 0 unspecified atom stereocenters. The molecule has 3 amide bonds. The number of hydrogen-bond donors (Lipinski definition) is 2. The lowest BCUT2D eigenvalue weighted by Gasteiger charge is -2.29. The van der Waals surface area contributed by atoms with Crippen molar-refractivity contribution in [1.82, 2.24) is 30.0 Å². The first-order chi connectivity index (χ1) is 16.0. The summed E-state index contributed by atoms with van der Waals surface area (Å²) < 4.78 is 1.98. The zero-order chi connectivity index (χ0) is 22.7. The molecule has 2 aliphatic rings. The lowest BCUT2D eigenvalue weighted by atomic mass is 10.00. The summed E-state index contributed by atoms with van der Waals surface area (Å²) in [6.45, 7) is 0.331. The molecule has 4 heterocycles. The topological polar surface area (TPSA) is 113 Å². The monoisotopic (exact) mass is 440 g/mol. The van der Waals surface area contributed by atoms with Gasteiger partial charge in [-0.15, -0.1) is 0 Å². The third-order valence-corrected chi connectivity index (χ3v) is 6.45. The van der Waals surface area contributed by atoms with E-state index in [-0.39, 0.29) is 18.2 Å². The molecule has 164 valence electrons. The first-order valence-corrected chi connectivity index (χ1v) is 10.7. The van der Waals surface area contributed by atoms with Gasteiger partial charge >= 0.3 is 0 Å². The van der Waals surface area contributed by atoms with Crippen molar-refractivity contribution in [3.63, 3.8) is 0 Å². The van der Waals surface area contributed by atoms with Gasteiger partial charge in [-0.1, -0.05) is 12.1 Å². The van der Waals surface area contributed by atoms with Crippen LogP contribution in [0.15, 0.2) is 48.9 Å². The minimum absolute atomic E-state index is 0.183. The Labute approximate surface area is 188 Å². The molecule has 9 heteroatoms. The third-order valence-electron chi connectivity index (χ3n) is 6.45. The molecule has 2 aliphatic heterocycles. The molecule has 0 bridgehead atoms. The second-order valence-electron chi connectivity index (χ2n) is 8.50. The molecule has 1 saturated heterocycles. The zero-order valence-corrected chi connectivity index (χ0v) is 17.8. The molecule has 1 fully saturated rings. The molecule has 1 atom stereocenters. The molecular weight excluding hydrogens is 420 g/mol. The first kappa shape index (κ1) is 19.4. The number of amides is 3. The van der Waals surface area contributed by atoms with Crippen molar-refractivity contribution < 1.29 is 14.4 Å². The average molecular weight is 440 g/mol. The Morgan fingerprint density at radius 1 is 1.06 bits per heavy atom. The van der Waals surface area contributed by atoms with E-state index in [1.807, 2.05) is 35.9 Å². The quantitative estimate of drug-likeness (QED) is 0.475. The van der Waals surface area contributed by atoms with Crippen LogP contribution in [0.25, 0.3) is 33.4 Å². The summed E-state index contributed by atoms with van der Waals surface area (Å²) in [6.07, 6.45) is 4.15. The molecule has 9 nitrogen and oxygen atoms in total. The van der Waals surface area contributed by atoms with Crippen LogP contribution in [0.1, 0.15) is 28.8 Å². The molecule has 33 heavy (non-hydrogen) atoms. The normalized spacial score (nSPS) is 18.2. The number of nitrogens with zero attached hydrogens (tertiary/aromatic N) is 4. The number of piperidine rings is 1. The van der Waals surface area contributed by atoms with E-state index >= 15 is 0 Å². The fourth-order valence-electron chi connectivity index (χ4n) is 4.79. The van der Waals surface area contributed by atoms with E-state index in [9.17, 15) is 14.4 Å². The fourth-order valence-corrected chi connectivity index (χ4v) is 4.79. The molecule has 6 rings (SSSR count). The van der Waals surface area contributed by atoms with Crippen LogP contribution in [0.2, 0.25) is 0 Å². The number of imide groups is 1. The largest absolute Gasteiger partial charge is 0.333 e. The molecular formula is C24H20N6O3. The Morgan fingerprint density at radius 3 is 2.76 bits per heavy atom. The van der Waals surface area contributed by atoms with Gasteiger partial charge in [0, 0.05) is 42.1 Å². The van der Waals surface area contributed by atoms with Gasteiger partial charge in [0.2, 0.25) is 11.8 Å². The summed E-state index contributed by atoms with van der Waals surface area (Å²) in [5, 5.41) is 10.4.